The fourth-order valence-corrected chi connectivity index (χ4v) is 2.03. The van der Waals surface area contributed by atoms with Gasteiger partial charge in [0, 0.05) is 18.4 Å². The zero-order valence-electron chi connectivity index (χ0n) is 10.6. The quantitative estimate of drug-likeness (QED) is 0.787. The summed E-state index contributed by atoms with van der Waals surface area (Å²) in [5, 5.41) is 0. The summed E-state index contributed by atoms with van der Waals surface area (Å²) in [5.41, 5.74) is -0.550. The predicted molar refractivity (Wildman–Crippen MR) is 63.4 cm³/mol. The Kier molecular flexibility index (Phi) is 2.81. The third kappa shape index (κ3) is 2.28. The highest BCUT2D eigenvalue weighted by molar-refractivity contribution is 5.52. The van der Waals surface area contributed by atoms with Gasteiger partial charge in [-0.1, -0.05) is 0 Å². The lowest BCUT2D eigenvalue weighted by atomic mass is 10.2. The maximum Gasteiger partial charge on any atom is 0.434 e. The van der Waals surface area contributed by atoms with E-state index in [0.29, 0.717) is 5.56 Å². The van der Waals surface area contributed by atoms with Crippen molar-refractivity contribution >= 4 is 0 Å². The molecule has 3 rings (SSSR count). The molecule has 20 heavy (non-hydrogen) atoms. The second-order valence-corrected chi connectivity index (χ2v) is 4.93. The summed E-state index contributed by atoms with van der Waals surface area (Å²) in [5.74, 6) is -0.719. The molecule has 0 unspecified atom stereocenters. The molecule has 0 amide bonds. The highest BCUT2D eigenvalue weighted by Gasteiger charge is 2.38. The summed E-state index contributed by atoms with van der Waals surface area (Å²) < 4.78 is 53.6. The Balaban J connectivity index is 2.14. The number of aryl methyl sites for hydroxylation is 1. The molecule has 1 saturated carbocycles. The molecule has 2 heterocycles. The van der Waals surface area contributed by atoms with Gasteiger partial charge < -0.3 is 4.57 Å². The van der Waals surface area contributed by atoms with Crippen LogP contribution in [0.4, 0.5) is 17.6 Å². The number of nitrogens with zero attached hydrogens (tertiary/aromatic N) is 3. The summed E-state index contributed by atoms with van der Waals surface area (Å²) in [4.78, 5) is 7.43. The molecule has 2 aromatic rings. The molecule has 0 aromatic carbocycles. The molecule has 1 aliphatic rings. The maximum absolute atomic E-state index is 13.9. The van der Waals surface area contributed by atoms with Crippen LogP contribution in [0, 0.1) is 12.7 Å². The van der Waals surface area contributed by atoms with Gasteiger partial charge in [-0.25, -0.2) is 14.4 Å². The van der Waals surface area contributed by atoms with Crippen LogP contribution in [0.5, 0.6) is 0 Å². The fraction of sp³-hybridized carbons (Fsp3) is 0.385. The monoisotopic (exact) mass is 285 g/mol. The van der Waals surface area contributed by atoms with E-state index in [9.17, 15) is 17.6 Å². The number of aromatic nitrogens is 3. The van der Waals surface area contributed by atoms with Gasteiger partial charge in [-0.15, -0.1) is 0 Å². The Morgan fingerprint density at radius 3 is 2.55 bits per heavy atom. The molecule has 0 N–H and O–H groups in total. The summed E-state index contributed by atoms with van der Waals surface area (Å²) in [7, 11) is 0. The lowest BCUT2D eigenvalue weighted by Crippen LogP contribution is -2.05. The summed E-state index contributed by atoms with van der Waals surface area (Å²) in [6.45, 7) is 1.66. The molecule has 0 radical (unpaired) electrons. The van der Waals surface area contributed by atoms with E-state index in [4.69, 9.17) is 0 Å². The van der Waals surface area contributed by atoms with Gasteiger partial charge in [0.15, 0.2) is 17.3 Å². The average Bonchev–Trinajstić information content (AvgIpc) is 3.08. The van der Waals surface area contributed by atoms with Crippen LogP contribution < -0.4 is 0 Å². The van der Waals surface area contributed by atoms with E-state index in [0.717, 1.165) is 19.0 Å². The van der Waals surface area contributed by atoms with Crippen LogP contribution >= 0.6 is 0 Å². The van der Waals surface area contributed by atoms with Gasteiger partial charge in [-0.2, -0.15) is 13.2 Å². The Hall–Kier alpha value is -1.92. The number of alkyl halides is 3. The van der Waals surface area contributed by atoms with Crippen LogP contribution in [-0.2, 0) is 6.18 Å². The van der Waals surface area contributed by atoms with Crippen molar-refractivity contribution in [2.45, 2.75) is 32.0 Å². The number of hydrogen-bond acceptors (Lipinski definition) is 2. The van der Waals surface area contributed by atoms with Crippen LogP contribution in [0.3, 0.4) is 0 Å². The van der Waals surface area contributed by atoms with Crippen LogP contribution in [0.2, 0.25) is 0 Å². The van der Waals surface area contributed by atoms with Gasteiger partial charge in [0.1, 0.15) is 5.69 Å². The van der Waals surface area contributed by atoms with E-state index in [-0.39, 0.29) is 17.6 Å². The van der Waals surface area contributed by atoms with Gasteiger partial charge in [0.2, 0.25) is 0 Å². The van der Waals surface area contributed by atoms with Crippen LogP contribution in [-0.4, -0.2) is 14.5 Å². The van der Waals surface area contributed by atoms with E-state index in [1.165, 1.54) is 16.8 Å². The summed E-state index contributed by atoms with van der Waals surface area (Å²) in [6, 6.07) is 1.19. The van der Waals surface area contributed by atoms with E-state index >= 15 is 0 Å². The molecule has 2 aromatic heterocycles. The highest BCUT2D eigenvalue weighted by atomic mass is 19.4. The van der Waals surface area contributed by atoms with Crippen molar-refractivity contribution < 1.29 is 17.6 Å². The van der Waals surface area contributed by atoms with Crippen molar-refractivity contribution in [1.29, 1.82) is 0 Å². The smallest absolute Gasteiger partial charge is 0.326 e. The van der Waals surface area contributed by atoms with Crippen molar-refractivity contribution in [2.24, 2.45) is 0 Å². The van der Waals surface area contributed by atoms with Gasteiger partial charge in [-0.3, -0.25) is 0 Å². The first-order valence-corrected chi connectivity index (χ1v) is 6.15. The van der Waals surface area contributed by atoms with Gasteiger partial charge in [0.25, 0.3) is 0 Å². The third-order valence-corrected chi connectivity index (χ3v) is 3.15. The predicted octanol–water partition coefficient (Wildman–Crippen LogP) is 3.75. The van der Waals surface area contributed by atoms with Crippen molar-refractivity contribution in [1.82, 2.24) is 14.5 Å². The van der Waals surface area contributed by atoms with Crippen LogP contribution in [0.1, 0.15) is 30.1 Å². The molecule has 106 valence electrons. The molecule has 0 bridgehead atoms. The number of rotatable bonds is 2. The molecule has 1 fully saturated rings. The molecule has 0 atom stereocenters. The number of hydrogen-bond donors (Lipinski definition) is 0. The van der Waals surface area contributed by atoms with Crippen LogP contribution in [0.25, 0.3) is 11.5 Å². The maximum atomic E-state index is 13.9. The molecule has 3 nitrogen and oxygen atoms in total. The zero-order chi connectivity index (χ0) is 14.5. The SMILES string of the molecule is Cc1cnc(-c2nc(C(F)(F)F)cn2C2CC2)c(F)c1. The first-order valence-electron chi connectivity index (χ1n) is 6.15. The Morgan fingerprint density at radius 2 is 2.00 bits per heavy atom. The van der Waals surface area contributed by atoms with E-state index in [1.54, 1.807) is 6.92 Å². The first-order chi connectivity index (χ1) is 9.36. The van der Waals surface area contributed by atoms with Gasteiger partial charge >= 0.3 is 6.18 Å². The molecule has 0 saturated heterocycles. The third-order valence-electron chi connectivity index (χ3n) is 3.15. The fourth-order valence-electron chi connectivity index (χ4n) is 2.03. The van der Waals surface area contributed by atoms with Gasteiger partial charge in [-0.05, 0) is 31.4 Å². The second kappa shape index (κ2) is 4.29. The van der Waals surface area contributed by atoms with Crippen molar-refractivity contribution in [3.63, 3.8) is 0 Å². The van der Waals surface area contributed by atoms with Gasteiger partial charge in [0.05, 0.1) is 0 Å². The summed E-state index contributed by atoms with van der Waals surface area (Å²) in [6.07, 6.45) is -0.649. The van der Waals surface area contributed by atoms with E-state index in [1.807, 2.05) is 0 Å². The normalized spacial score (nSPS) is 15.7. The topological polar surface area (TPSA) is 30.7 Å². The molecule has 7 heteroatoms. The minimum atomic E-state index is -4.55. The average molecular weight is 285 g/mol. The molecular weight excluding hydrogens is 274 g/mol. The summed E-state index contributed by atoms with van der Waals surface area (Å²) >= 11 is 0. The Bertz CT molecular complexity index is 656. The lowest BCUT2D eigenvalue weighted by molar-refractivity contribution is -0.140. The van der Waals surface area contributed by atoms with E-state index in [2.05, 4.69) is 9.97 Å². The number of pyridine rings is 1. The number of halogens is 4. The highest BCUT2D eigenvalue weighted by Crippen LogP contribution is 2.40. The van der Waals surface area contributed by atoms with E-state index < -0.39 is 17.7 Å². The first kappa shape index (κ1) is 13.1. The minimum absolute atomic E-state index is 0.0453. The molecule has 0 aliphatic heterocycles. The molecular formula is C13H11F4N3. The van der Waals surface area contributed by atoms with Crippen molar-refractivity contribution in [2.75, 3.05) is 0 Å². The van der Waals surface area contributed by atoms with Crippen LogP contribution in [0.15, 0.2) is 18.5 Å². The minimum Gasteiger partial charge on any atom is -0.326 e. The lowest BCUT2D eigenvalue weighted by Gasteiger charge is -2.06. The zero-order valence-corrected chi connectivity index (χ0v) is 10.6. The van der Waals surface area contributed by atoms with Crippen molar-refractivity contribution in [3.8, 4) is 11.5 Å². The molecule has 0 spiro atoms. The Morgan fingerprint density at radius 1 is 1.30 bits per heavy atom. The standard InChI is InChI=1S/C13H11F4N3/c1-7-4-9(14)11(18-5-7)12-19-10(13(15,16)17)6-20(12)8-2-3-8/h4-6,8H,2-3H2,1H3. The van der Waals surface area contributed by atoms with Crippen molar-refractivity contribution in [3.05, 3.63) is 35.5 Å². The largest absolute Gasteiger partial charge is 0.434 e. The molecule has 1 aliphatic carbocycles. The Labute approximate surface area is 112 Å². The number of imidazole rings is 1. The second-order valence-electron chi connectivity index (χ2n) is 4.93.